The van der Waals surface area contributed by atoms with Crippen molar-refractivity contribution in [2.24, 2.45) is 5.73 Å². The third-order valence-corrected chi connectivity index (χ3v) is 3.18. The average molecular weight is 281 g/mol. The van der Waals surface area contributed by atoms with Gasteiger partial charge in [-0.3, -0.25) is 10.1 Å². The second-order valence-corrected chi connectivity index (χ2v) is 4.55. The van der Waals surface area contributed by atoms with E-state index >= 15 is 0 Å². The Morgan fingerprint density at radius 2 is 2.16 bits per heavy atom. The molecule has 1 heterocycles. The number of benzene rings is 1. The Bertz CT molecular complexity index is 610. The van der Waals surface area contributed by atoms with Crippen molar-refractivity contribution in [3.8, 4) is 11.3 Å². The Morgan fingerprint density at radius 3 is 2.79 bits per heavy atom. The highest BCUT2D eigenvalue weighted by atomic mass is 35.5. The van der Waals surface area contributed by atoms with Crippen molar-refractivity contribution in [1.82, 2.24) is 0 Å². The number of rotatable bonds is 4. The largest absolute Gasteiger partial charge is 0.459 e. The number of hydrogen-bond donors (Lipinski definition) is 1. The number of furan rings is 1. The maximum Gasteiger partial charge on any atom is 0.288 e. The maximum absolute atomic E-state index is 10.8. The van der Waals surface area contributed by atoms with Crippen LogP contribution in [0.3, 0.4) is 0 Å². The molecule has 1 unspecified atom stereocenters. The zero-order valence-corrected chi connectivity index (χ0v) is 11.1. The Kier molecular flexibility index (Phi) is 3.87. The molecule has 2 aromatic rings. The molecule has 2 rings (SSSR count). The Morgan fingerprint density at radius 1 is 1.42 bits per heavy atom. The molecular weight excluding hydrogens is 268 g/mol. The molecule has 5 nitrogen and oxygen atoms in total. The summed E-state index contributed by atoms with van der Waals surface area (Å²) in [5, 5.41) is 10.9. The van der Waals surface area contributed by atoms with Crippen molar-refractivity contribution in [1.29, 1.82) is 0 Å². The molecule has 2 N–H and O–H groups in total. The lowest BCUT2D eigenvalue weighted by atomic mass is 10.1. The summed E-state index contributed by atoms with van der Waals surface area (Å²) in [5.41, 5.74) is 6.33. The third kappa shape index (κ3) is 2.77. The zero-order chi connectivity index (χ0) is 14.0. The zero-order valence-electron chi connectivity index (χ0n) is 10.3. The van der Waals surface area contributed by atoms with Crippen LogP contribution in [-0.2, 0) is 0 Å². The van der Waals surface area contributed by atoms with Gasteiger partial charge in [-0.25, -0.2) is 0 Å². The lowest BCUT2D eigenvalue weighted by molar-refractivity contribution is -0.384. The van der Waals surface area contributed by atoms with Crippen LogP contribution in [0.5, 0.6) is 0 Å². The lowest BCUT2D eigenvalue weighted by Gasteiger charge is -2.04. The van der Waals surface area contributed by atoms with Gasteiger partial charge in [0.25, 0.3) is 5.69 Å². The van der Waals surface area contributed by atoms with Gasteiger partial charge in [0.1, 0.15) is 16.5 Å². The van der Waals surface area contributed by atoms with Crippen LogP contribution in [0, 0.1) is 10.1 Å². The Labute approximate surface area is 115 Å². The first-order valence-corrected chi connectivity index (χ1v) is 6.20. The predicted octanol–water partition coefficient (Wildman–Crippen LogP) is 3.92. The van der Waals surface area contributed by atoms with E-state index < -0.39 is 4.92 Å². The van der Waals surface area contributed by atoms with Gasteiger partial charge in [-0.15, -0.1) is 0 Å². The number of nitrogens with zero attached hydrogens (tertiary/aromatic N) is 1. The molecule has 0 radical (unpaired) electrons. The summed E-state index contributed by atoms with van der Waals surface area (Å²) in [5.74, 6) is 1.20. The molecule has 6 heteroatoms. The van der Waals surface area contributed by atoms with Crippen LogP contribution >= 0.6 is 11.6 Å². The Hall–Kier alpha value is -1.85. The highest BCUT2D eigenvalue weighted by Crippen LogP contribution is 2.32. The second-order valence-electron chi connectivity index (χ2n) is 4.14. The fourth-order valence-electron chi connectivity index (χ4n) is 1.71. The molecule has 0 saturated carbocycles. The molecule has 0 amide bonds. The highest BCUT2D eigenvalue weighted by Gasteiger charge is 2.16. The van der Waals surface area contributed by atoms with Crippen molar-refractivity contribution >= 4 is 17.3 Å². The highest BCUT2D eigenvalue weighted by molar-refractivity contribution is 6.32. The predicted molar refractivity (Wildman–Crippen MR) is 73.0 cm³/mol. The van der Waals surface area contributed by atoms with Gasteiger partial charge in [-0.1, -0.05) is 18.5 Å². The van der Waals surface area contributed by atoms with Crippen LogP contribution in [-0.4, -0.2) is 4.92 Å². The van der Waals surface area contributed by atoms with Gasteiger partial charge in [0.05, 0.1) is 11.0 Å². The van der Waals surface area contributed by atoms with Crippen LogP contribution in [0.2, 0.25) is 5.02 Å². The number of hydrogen-bond acceptors (Lipinski definition) is 4. The van der Waals surface area contributed by atoms with Crippen LogP contribution in [0.25, 0.3) is 11.3 Å². The fraction of sp³-hybridized carbons (Fsp3) is 0.231. The SMILES string of the molecule is CCC(N)c1ccc(-c2ccc(Cl)c([N+](=O)[O-])c2)o1. The topological polar surface area (TPSA) is 82.3 Å². The number of nitrogens with two attached hydrogens (primary N) is 1. The maximum atomic E-state index is 10.8. The van der Waals surface area contributed by atoms with Gasteiger partial charge in [-0.05, 0) is 30.7 Å². The van der Waals surface area contributed by atoms with E-state index in [2.05, 4.69) is 0 Å². The molecule has 1 aromatic carbocycles. The van der Waals surface area contributed by atoms with E-state index in [-0.39, 0.29) is 16.8 Å². The quantitative estimate of drug-likeness (QED) is 0.680. The van der Waals surface area contributed by atoms with E-state index in [0.717, 1.165) is 6.42 Å². The first kappa shape index (κ1) is 13.6. The molecule has 0 aliphatic carbocycles. The Balaban J connectivity index is 2.39. The molecule has 0 aliphatic rings. The minimum atomic E-state index is -0.520. The lowest BCUT2D eigenvalue weighted by Crippen LogP contribution is -2.06. The first-order valence-electron chi connectivity index (χ1n) is 5.82. The summed E-state index contributed by atoms with van der Waals surface area (Å²) in [7, 11) is 0. The third-order valence-electron chi connectivity index (χ3n) is 2.86. The van der Waals surface area contributed by atoms with E-state index in [1.165, 1.54) is 12.1 Å². The molecule has 0 aliphatic heterocycles. The van der Waals surface area contributed by atoms with Gasteiger partial charge < -0.3 is 10.2 Å². The van der Waals surface area contributed by atoms with E-state index in [9.17, 15) is 10.1 Å². The second kappa shape index (κ2) is 5.42. The summed E-state index contributed by atoms with van der Waals surface area (Å²) in [4.78, 5) is 10.3. The molecule has 1 aromatic heterocycles. The molecule has 0 fully saturated rings. The summed E-state index contributed by atoms with van der Waals surface area (Å²) in [6, 6.07) is 7.91. The molecule has 0 bridgehead atoms. The van der Waals surface area contributed by atoms with Crippen molar-refractivity contribution in [3.05, 3.63) is 51.2 Å². The number of nitro groups is 1. The summed E-state index contributed by atoms with van der Waals surface area (Å²) in [6.45, 7) is 1.96. The normalized spacial score (nSPS) is 12.4. The van der Waals surface area contributed by atoms with Crippen molar-refractivity contribution < 1.29 is 9.34 Å². The summed E-state index contributed by atoms with van der Waals surface area (Å²) < 4.78 is 5.61. The van der Waals surface area contributed by atoms with E-state index in [1.807, 2.05) is 6.92 Å². The molecule has 0 saturated heterocycles. The molecule has 1 atom stereocenters. The fourth-order valence-corrected chi connectivity index (χ4v) is 1.90. The molecule has 0 spiro atoms. The van der Waals surface area contributed by atoms with E-state index in [1.54, 1.807) is 18.2 Å². The summed E-state index contributed by atoms with van der Waals surface area (Å²) in [6.07, 6.45) is 0.758. The molecule has 100 valence electrons. The van der Waals surface area contributed by atoms with Crippen LogP contribution in [0.4, 0.5) is 5.69 Å². The van der Waals surface area contributed by atoms with Gasteiger partial charge in [0.2, 0.25) is 0 Å². The van der Waals surface area contributed by atoms with Crippen molar-refractivity contribution in [3.63, 3.8) is 0 Å². The smallest absolute Gasteiger partial charge is 0.288 e. The van der Waals surface area contributed by atoms with E-state index in [0.29, 0.717) is 17.1 Å². The first-order chi connectivity index (χ1) is 9.02. The van der Waals surface area contributed by atoms with Crippen LogP contribution in [0.1, 0.15) is 25.1 Å². The molecule has 19 heavy (non-hydrogen) atoms. The average Bonchev–Trinajstić information content (AvgIpc) is 2.87. The minimum Gasteiger partial charge on any atom is -0.459 e. The van der Waals surface area contributed by atoms with Gasteiger partial charge in [-0.2, -0.15) is 0 Å². The number of halogens is 1. The van der Waals surface area contributed by atoms with Gasteiger partial charge in [0, 0.05) is 11.6 Å². The monoisotopic (exact) mass is 280 g/mol. The minimum absolute atomic E-state index is 0.103. The van der Waals surface area contributed by atoms with Crippen molar-refractivity contribution in [2.45, 2.75) is 19.4 Å². The van der Waals surface area contributed by atoms with Gasteiger partial charge in [0.15, 0.2) is 0 Å². The van der Waals surface area contributed by atoms with Gasteiger partial charge >= 0.3 is 0 Å². The van der Waals surface area contributed by atoms with Crippen molar-refractivity contribution in [2.75, 3.05) is 0 Å². The summed E-state index contributed by atoms with van der Waals surface area (Å²) >= 11 is 5.76. The standard InChI is InChI=1S/C13H13ClN2O3/c1-2-10(15)13-6-5-12(19-13)8-3-4-9(14)11(7-8)16(17)18/h3-7,10H,2,15H2,1H3. The number of nitro benzene ring substituents is 1. The van der Waals surface area contributed by atoms with Crippen LogP contribution in [0.15, 0.2) is 34.7 Å². The van der Waals surface area contributed by atoms with Crippen LogP contribution < -0.4 is 5.73 Å². The molecular formula is C13H13ClN2O3. The van der Waals surface area contributed by atoms with E-state index in [4.69, 9.17) is 21.8 Å².